The fraction of sp³-hybridized carbons (Fsp3) is 0.632. The van der Waals surface area contributed by atoms with E-state index >= 15 is 0 Å². The quantitative estimate of drug-likeness (QED) is 0.390. The van der Waals surface area contributed by atoms with Crippen LogP contribution in [0, 0.1) is 0 Å². The van der Waals surface area contributed by atoms with Crippen molar-refractivity contribution in [3.8, 4) is 0 Å². The van der Waals surface area contributed by atoms with Gasteiger partial charge in [-0.15, -0.1) is 24.0 Å². The fourth-order valence-corrected chi connectivity index (χ4v) is 2.78. The minimum atomic E-state index is 0. The number of benzene rings is 1. The molecule has 25 heavy (non-hydrogen) atoms. The summed E-state index contributed by atoms with van der Waals surface area (Å²) in [4.78, 5) is 9.58. The molecule has 1 heterocycles. The number of hydrogen-bond acceptors (Lipinski definition) is 3. The Bertz CT molecular complexity index is 507. The predicted molar refractivity (Wildman–Crippen MR) is 118 cm³/mol. The van der Waals surface area contributed by atoms with Crippen LogP contribution in [0.2, 0.25) is 0 Å². The van der Waals surface area contributed by atoms with Crippen molar-refractivity contribution in [3.05, 3.63) is 35.4 Å². The average molecular weight is 459 g/mol. The van der Waals surface area contributed by atoms with Crippen molar-refractivity contribution in [1.82, 2.24) is 20.4 Å². The molecule has 0 radical (unpaired) electrons. The van der Waals surface area contributed by atoms with Crippen LogP contribution in [0.1, 0.15) is 31.9 Å². The zero-order valence-corrected chi connectivity index (χ0v) is 18.4. The third-order valence-electron chi connectivity index (χ3n) is 4.21. The summed E-state index contributed by atoms with van der Waals surface area (Å²) >= 11 is 0. The molecule has 1 aliphatic heterocycles. The van der Waals surface area contributed by atoms with Crippen molar-refractivity contribution in [3.63, 3.8) is 0 Å². The lowest BCUT2D eigenvalue weighted by atomic mass is 10.1. The molecule has 6 heteroatoms. The van der Waals surface area contributed by atoms with Gasteiger partial charge in [0.2, 0.25) is 0 Å². The molecule has 0 spiro atoms. The Morgan fingerprint density at radius 1 is 1.08 bits per heavy atom. The molecular formula is C19H34IN5. The van der Waals surface area contributed by atoms with Gasteiger partial charge in [0, 0.05) is 45.3 Å². The molecule has 0 unspecified atom stereocenters. The minimum Gasteiger partial charge on any atom is -0.357 e. The van der Waals surface area contributed by atoms with E-state index in [1.165, 1.54) is 24.2 Å². The van der Waals surface area contributed by atoms with Crippen LogP contribution < -0.4 is 10.6 Å². The molecule has 1 aliphatic rings. The lowest BCUT2D eigenvalue weighted by Gasteiger charge is -2.32. The number of rotatable bonds is 6. The highest BCUT2D eigenvalue weighted by molar-refractivity contribution is 14.0. The second kappa shape index (κ2) is 11.7. The van der Waals surface area contributed by atoms with Gasteiger partial charge in [-0.25, -0.2) is 4.99 Å². The van der Waals surface area contributed by atoms with Crippen LogP contribution in [-0.2, 0) is 13.1 Å². The number of likely N-dealkylation sites (N-methyl/N-ethyl adjacent to an activating group) is 1. The first-order valence-corrected chi connectivity index (χ1v) is 9.10. The normalized spacial score (nSPS) is 16.6. The topological polar surface area (TPSA) is 42.9 Å². The SMILES string of the molecule is CCNC(=NCc1ccc(CN2CCN(C)CC2)cc1)NC(C)C.I. The van der Waals surface area contributed by atoms with Gasteiger partial charge < -0.3 is 15.5 Å². The van der Waals surface area contributed by atoms with Gasteiger partial charge in [0.05, 0.1) is 6.54 Å². The van der Waals surface area contributed by atoms with Crippen molar-refractivity contribution < 1.29 is 0 Å². The van der Waals surface area contributed by atoms with Crippen molar-refractivity contribution in [2.75, 3.05) is 39.8 Å². The molecule has 0 aliphatic carbocycles. The van der Waals surface area contributed by atoms with Crippen LogP contribution in [0.4, 0.5) is 0 Å². The summed E-state index contributed by atoms with van der Waals surface area (Å²) in [5, 5.41) is 6.63. The minimum absolute atomic E-state index is 0. The maximum atomic E-state index is 4.66. The highest BCUT2D eigenvalue weighted by Crippen LogP contribution is 2.10. The number of nitrogens with one attached hydrogen (secondary N) is 2. The monoisotopic (exact) mass is 459 g/mol. The molecule has 0 saturated carbocycles. The molecule has 0 amide bonds. The van der Waals surface area contributed by atoms with Gasteiger partial charge in [-0.3, -0.25) is 4.90 Å². The summed E-state index contributed by atoms with van der Waals surface area (Å²) in [6, 6.07) is 9.27. The van der Waals surface area contributed by atoms with Gasteiger partial charge in [-0.05, 0) is 38.9 Å². The van der Waals surface area contributed by atoms with Crippen molar-refractivity contribution in [2.24, 2.45) is 4.99 Å². The first kappa shape index (κ1) is 22.2. The molecule has 1 aromatic rings. The Kier molecular flexibility index (Phi) is 10.4. The Morgan fingerprint density at radius 3 is 2.24 bits per heavy atom. The van der Waals surface area contributed by atoms with Gasteiger partial charge in [-0.1, -0.05) is 24.3 Å². The van der Waals surface area contributed by atoms with Gasteiger partial charge >= 0.3 is 0 Å². The summed E-state index contributed by atoms with van der Waals surface area (Å²) < 4.78 is 0. The maximum Gasteiger partial charge on any atom is 0.191 e. The van der Waals surface area contributed by atoms with E-state index in [0.717, 1.165) is 32.1 Å². The van der Waals surface area contributed by atoms with Gasteiger partial charge in [0.1, 0.15) is 0 Å². The molecule has 1 aromatic carbocycles. The van der Waals surface area contributed by atoms with E-state index in [9.17, 15) is 0 Å². The van der Waals surface area contributed by atoms with E-state index in [4.69, 9.17) is 0 Å². The average Bonchev–Trinajstić information content (AvgIpc) is 2.56. The van der Waals surface area contributed by atoms with E-state index in [0.29, 0.717) is 12.6 Å². The summed E-state index contributed by atoms with van der Waals surface area (Å²) in [5.41, 5.74) is 2.64. The fourth-order valence-electron chi connectivity index (χ4n) is 2.78. The Balaban J connectivity index is 0.00000312. The zero-order valence-electron chi connectivity index (χ0n) is 16.1. The lowest BCUT2D eigenvalue weighted by molar-refractivity contribution is 0.148. The summed E-state index contributed by atoms with van der Waals surface area (Å²) in [6.45, 7) is 13.6. The highest BCUT2D eigenvalue weighted by Gasteiger charge is 2.13. The molecular weight excluding hydrogens is 425 g/mol. The zero-order chi connectivity index (χ0) is 17.4. The third kappa shape index (κ3) is 8.37. The molecule has 2 N–H and O–H groups in total. The third-order valence-corrected chi connectivity index (χ3v) is 4.21. The van der Waals surface area contributed by atoms with Crippen LogP contribution in [-0.4, -0.2) is 61.6 Å². The van der Waals surface area contributed by atoms with E-state index in [1.54, 1.807) is 0 Å². The molecule has 1 saturated heterocycles. The predicted octanol–water partition coefficient (Wildman–Crippen LogP) is 2.52. The number of aliphatic imine (C=N–C) groups is 1. The van der Waals surface area contributed by atoms with E-state index in [-0.39, 0.29) is 24.0 Å². The van der Waals surface area contributed by atoms with Gasteiger partial charge in [0.25, 0.3) is 0 Å². The number of guanidine groups is 1. The van der Waals surface area contributed by atoms with Crippen LogP contribution in [0.15, 0.2) is 29.3 Å². The molecule has 1 fully saturated rings. The van der Waals surface area contributed by atoms with Crippen LogP contribution in [0.5, 0.6) is 0 Å². The van der Waals surface area contributed by atoms with Gasteiger partial charge in [-0.2, -0.15) is 0 Å². The number of halogens is 1. The van der Waals surface area contributed by atoms with Crippen molar-refractivity contribution in [2.45, 2.75) is 39.9 Å². The van der Waals surface area contributed by atoms with Crippen LogP contribution in [0.25, 0.3) is 0 Å². The van der Waals surface area contributed by atoms with E-state index in [1.807, 2.05) is 0 Å². The van der Waals surface area contributed by atoms with Crippen molar-refractivity contribution >= 4 is 29.9 Å². The van der Waals surface area contributed by atoms with Crippen molar-refractivity contribution in [1.29, 1.82) is 0 Å². The maximum absolute atomic E-state index is 4.66. The second-order valence-corrected chi connectivity index (χ2v) is 6.89. The lowest BCUT2D eigenvalue weighted by Crippen LogP contribution is -2.43. The highest BCUT2D eigenvalue weighted by atomic mass is 127. The smallest absolute Gasteiger partial charge is 0.191 e. The van der Waals surface area contributed by atoms with Crippen LogP contribution >= 0.6 is 24.0 Å². The molecule has 0 bridgehead atoms. The number of hydrogen-bond donors (Lipinski definition) is 2. The summed E-state index contributed by atoms with van der Waals surface area (Å²) in [7, 11) is 2.20. The van der Waals surface area contributed by atoms with E-state index < -0.39 is 0 Å². The second-order valence-electron chi connectivity index (χ2n) is 6.89. The summed E-state index contributed by atoms with van der Waals surface area (Å²) in [5.74, 6) is 0.883. The molecule has 0 aromatic heterocycles. The van der Waals surface area contributed by atoms with Crippen LogP contribution in [0.3, 0.4) is 0 Å². The number of nitrogens with zero attached hydrogens (tertiary/aromatic N) is 3. The largest absolute Gasteiger partial charge is 0.357 e. The first-order chi connectivity index (χ1) is 11.6. The van der Waals surface area contributed by atoms with Gasteiger partial charge in [0.15, 0.2) is 5.96 Å². The Morgan fingerprint density at radius 2 is 1.68 bits per heavy atom. The molecule has 2 rings (SSSR count). The molecule has 142 valence electrons. The van der Waals surface area contributed by atoms with E-state index in [2.05, 4.69) is 77.5 Å². The Hall–Kier alpha value is -0.860. The standard InChI is InChI=1S/C19H33N5.HI/c1-5-20-19(22-16(2)3)21-14-17-6-8-18(9-7-17)15-24-12-10-23(4)11-13-24;/h6-9,16H,5,10-15H2,1-4H3,(H2,20,21,22);1H. The molecule has 5 nitrogen and oxygen atoms in total. The Labute approximate surface area is 170 Å². The molecule has 0 atom stereocenters. The summed E-state index contributed by atoms with van der Waals surface area (Å²) in [6.07, 6.45) is 0. The number of piperazine rings is 1. The first-order valence-electron chi connectivity index (χ1n) is 9.10.